The summed E-state index contributed by atoms with van der Waals surface area (Å²) in [6.07, 6.45) is 0. The fourth-order valence-electron chi connectivity index (χ4n) is 4.05. The van der Waals surface area contributed by atoms with Crippen LogP contribution in [-0.4, -0.2) is 78.3 Å². The molecule has 2 N–H and O–H groups in total. The fourth-order valence-corrected chi connectivity index (χ4v) is 4.05. The van der Waals surface area contributed by atoms with Gasteiger partial charge >= 0.3 is 11.9 Å². The second kappa shape index (κ2) is 13.1. The number of rotatable bonds is 6. The molecule has 1 fully saturated rings. The van der Waals surface area contributed by atoms with Crippen molar-refractivity contribution < 1.29 is 34.1 Å². The molecule has 4 rings (SSSR count). The van der Waals surface area contributed by atoms with E-state index >= 15 is 0 Å². The first-order valence-corrected chi connectivity index (χ1v) is 11.7. The predicted molar refractivity (Wildman–Crippen MR) is 138 cm³/mol. The van der Waals surface area contributed by atoms with E-state index in [9.17, 15) is 4.79 Å². The number of carbonyl (C=O) groups is 3. The van der Waals surface area contributed by atoms with Crippen LogP contribution in [0.4, 0.5) is 0 Å². The Kier molecular flexibility index (Phi) is 9.62. The van der Waals surface area contributed by atoms with E-state index in [2.05, 4.69) is 23.1 Å². The standard InChI is InChI=1S/C26H28N2O3.C2H2O4/c1-30-24-10-6-9-23(25(24)31-2)19-27-15-17-28(18-16-27)26(29)22-13-11-21(12-14-22)20-7-4-3-5-8-20;3-1(4)2(5)6/h3-14H,15-19H2,1-2H3;(H,3,4)(H,5,6). The van der Waals surface area contributed by atoms with Gasteiger partial charge in [-0.3, -0.25) is 9.69 Å². The molecule has 1 amide bonds. The minimum Gasteiger partial charge on any atom is -0.493 e. The second-order valence-electron chi connectivity index (χ2n) is 8.27. The number of piperazine rings is 1. The number of carboxylic acids is 2. The molecule has 37 heavy (non-hydrogen) atoms. The lowest BCUT2D eigenvalue weighted by Crippen LogP contribution is -2.48. The molecule has 1 saturated heterocycles. The molecule has 0 aliphatic carbocycles. The van der Waals surface area contributed by atoms with E-state index in [4.69, 9.17) is 29.3 Å². The van der Waals surface area contributed by atoms with Crippen LogP contribution in [0.5, 0.6) is 11.5 Å². The summed E-state index contributed by atoms with van der Waals surface area (Å²) in [6, 6.07) is 24.1. The number of hydrogen-bond acceptors (Lipinski definition) is 6. The lowest BCUT2D eigenvalue weighted by Gasteiger charge is -2.35. The summed E-state index contributed by atoms with van der Waals surface area (Å²) in [6.45, 7) is 3.85. The van der Waals surface area contributed by atoms with Gasteiger partial charge in [0.05, 0.1) is 14.2 Å². The molecular formula is C28H30N2O7. The highest BCUT2D eigenvalue weighted by molar-refractivity contribution is 6.27. The van der Waals surface area contributed by atoms with Crippen LogP contribution in [0.1, 0.15) is 15.9 Å². The molecular weight excluding hydrogens is 476 g/mol. The van der Waals surface area contributed by atoms with E-state index in [0.717, 1.165) is 53.4 Å². The minimum absolute atomic E-state index is 0.0956. The van der Waals surface area contributed by atoms with E-state index in [1.54, 1.807) is 14.2 Å². The summed E-state index contributed by atoms with van der Waals surface area (Å²) in [5.41, 5.74) is 4.11. The zero-order valence-corrected chi connectivity index (χ0v) is 20.8. The zero-order chi connectivity index (χ0) is 26.8. The van der Waals surface area contributed by atoms with Crippen molar-refractivity contribution in [2.24, 2.45) is 0 Å². The number of para-hydroxylation sites is 1. The van der Waals surface area contributed by atoms with E-state index < -0.39 is 11.9 Å². The molecule has 1 heterocycles. The van der Waals surface area contributed by atoms with E-state index in [1.807, 2.05) is 59.5 Å². The van der Waals surface area contributed by atoms with E-state index in [0.29, 0.717) is 13.1 Å². The van der Waals surface area contributed by atoms with Gasteiger partial charge < -0.3 is 24.6 Å². The lowest BCUT2D eigenvalue weighted by atomic mass is 10.0. The third-order valence-corrected chi connectivity index (χ3v) is 5.96. The minimum atomic E-state index is -1.82. The summed E-state index contributed by atoms with van der Waals surface area (Å²) in [5.74, 6) is -2.03. The Morgan fingerprint density at radius 1 is 0.730 bits per heavy atom. The summed E-state index contributed by atoms with van der Waals surface area (Å²) < 4.78 is 11.0. The number of carbonyl (C=O) groups excluding carboxylic acids is 1. The van der Waals surface area contributed by atoms with Crippen LogP contribution in [0.2, 0.25) is 0 Å². The largest absolute Gasteiger partial charge is 0.493 e. The number of carboxylic acid groups (broad SMARTS) is 2. The molecule has 1 aliphatic rings. The highest BCUT2D eigenvalue weighted by Gasteiger charge is 2.23. The van der Waals surface area contributed by atoms with Gasteiger partial charge in [-0.05, 0) is 29.3 Å². The van der Waals surface area contributed by atoms with Gasteiger partial charge in [0.15, 0.2) is 11.5 Å². The highest BCUT2D eigenvalue weighted by atomic mass is 16.5. The Labute approximate surface area is 215 Å². The number of methoxy groups -OCH3 is 2. The molecule has 0 aromatic heterocycles. The monoisotopic (exact) mass is 506 g/mol. The van der Waals surface area contributed by atoms with Gasteiger partial charge in [0, 0.05) is 43.9 Å². The molecule has 0 unspecified atom stereocenters. The van der Waals surface area contributed by atoms with Crippen molar-refractivity contribution >= 4 is 17.8 Å². The van der Waals surface area contributed by atoms with Gasteiger partial charge in [-0.25, -0.2) is 9.59 Å². The number of aliphatic carboxylic acids is 2. The van der Waals surface area contributed by atoms with Crippen LogP contribution in [0.3, 0.4) is 0 Å². The molecule has 194 valence electrons. The Balaban J connectivity index is 0.000000568. The summed E-state index contributed by atoms with van der Waals surface area (Å²) >= 11 is 0. The number of hydrogen-bond donors (Lipinski definition) is 2. The van der Waals surface area contributed by atoms with Crippen LogP contribution < -0.4 is 9.47 Å². The fraction of sp³-hybridized carbons (Fsp3) is 0.250. The predicted octanol–water partition coefficient (Wildman–Crippen LogP) is 3.48. The Bertz CT molecular complexity index is 1190. The van der Waals surface area contributed by atoms with Crippen molar-refractivity contribution in [1.82, 2.24) is 9.80 Å². The maximum Gasteiger partial charge on any atom is 0.414 e. The molecule has 0 bridgehead atoms. The zero-order valence-electron chi connectivity index (χ0n) is 20.8. The SMILES string of the molecule is COc1cccc(CN2CCN(C(=O)c3ccc(-c4ccccc4)cc3)CC2)c1OC.O=C(O)C(=O)O. The number of nitrogens with zero attached hydrogens (tertiary/aromatic N) is 2. The summed E-state index contributed by atoms with van der Waals surface area (Å²) in [4.78, 5) is 35.5. The quantitative estimate of drug-likeness (QED) is 0.488. The molecule has 0 saturated carbocycles. The third-order valence-electron chi connectivity index (χ3n) is 5.96. The molecule has 1 aliphatic heterocycles. The van der Waals surface area contributed by atoms with Crippen molar-refractivity contribution in [3.63, 3.8) is 0 Å². The van der Waals surface area contributed by atoms with Crippen molar-refractivity contribution in [3.05, 3.63) is 83.9 Å². The van der Waals surface area contributed by atoms with Crippen LogP contribution in [0.25, 0.3) is 11.1 Å². The Morgan fingerprint density at radius 3 is 1.86 bits per heavy atom. The lowest BCUT2D eigenvalue weighted by molar-refractivity contribution is -0.159. The first kappa shape index (κ1) is 27.2. The van der Waals surface area contributed by atoms with Crippen molar-refractivity contribution in [2.45, 2.75) is 6.54 Å². The van der Waals surface area contributed by atoms with Crippen molar-refractivity contribution in [3.8, 4) is 22.6 Å². The van der Waals surface area contributed by atoms with Gasteiger partial charge in [-0.2, -0.15) is 0 Å². The van der Waals surface area contributed by atoms with Gasteiger partial charge in [0.1, 0.15) is 0 Å². The van der Waals surface area contributed by atoms with Crippen LogP contribution in [0, 0.1) is 0 Å². The number of ether oxygens (including phenoxy) is 2. The van der Waals surface area contributed by atoms with E-state index in [1.165, 1.54) is 0 Å². The average Bonchev–Trinajstić information content (AvgIpc) is 2.93. The first-order valence-electron chi connectivity index (χ1n) is 11.7. The Hall–Kier alpha value is -4.37. The van der Waals surface area contributed by atoms with Crippen molar-refractivity contribution in [1.29, 1.82) is 0 Å². The molecule has 9 nitrogen and oxygen atoms in total. The topological polar surface area (TPSA) is 117 Å². The van der Waals surface area contributed by atoms with E-state index in [-0.39, 0.29) is 5.91 Å². The van der Waals surface area contributed by atoms with Crippen LogP contribution in [0.15, 0.2) is 72.8 Å². The second-order valence-corrected chi connectivity index (χ2v) is 8.27. The van der Waals surface area contributed by atoms with Crippen LogP contribution in [-0.2, 0) is 16.1 Å². The molecule has 0 spiro atoms. The summed E-state index contributed by atoms with van der Waals surface area (Å²) in [5, 5.41) is 14.8. The van der Waals surface area contributed by atoms with Gasteiger partial charge in [-0.15, -0.1) is 0 Å². The highest BCUT2D eigenvalue weighted by Crippen LogP contribution is 2.31. The number of amides is 1. The molecule has 3 aromatic carbocycles. The van der Waals surface area contributed by atoms with Gasteiger partial charge in [0.25, 0.3) is 5.91 Å². The maximum atomic E-state index is 13.0. The normalized spacial score (nSPS) is 13.2. The smallest absolute Gasteiger partial charge is 0.414 e. The third kappa shape index (κ3) is 7.31. The van der Waals surface area contributed by atoms with Crippen molar-refractivity contribution in [2.75, 3.05) is 40.4 Å². The average molecular weight is 507 g/mol. The van der Waals surface area contributed by atoms with Gasteiger partial charge in [-0.1, -0.05) is 54.6 Å². The van der Waals surface area contributed by atoms with Crippen LogP contribution >= 0.6 is 0 Å². The molecule has 0 radical (unpaired) electrons. The molecule has 3 aromatic rings. The van der Waals surface area contributed by atoms with Gasteiger partial charge in [0.2, 0.25) is 0 Å². The molecule has 0 atom stereocenters. The maximum absolute atomic E-state index is 13.0. The number of benzene rings is 3. The molecule has 9 heteroatoms. The summed E-state index contributed by atoms with van der Waals surface area (Å²) in [7, 11) is 3.32. The Morgan fingerprint density at radius 2 is 1.32 bits per heavy atom. The first-order chi connectivity index (χ1) is 17.8.